The molecule has 0 nitrogen and oxygen atoms in total. The van der Waals surface area contributed by atoms with Crippen LogP contribution in [-0.4, -0.2) is 4.75 Å². The quantitative estimate of drug-likeness (QED) is 0.601. The molecule has 0 heterocycles. The van der Waals surface area contributed by atoms with Gasteiger partial charge in [-0.25, -0.2) is 0 Å². The second kappa shape index (κ2) is 6.51. The Hall–Kier alpha value is -1.18. The van der Waals surface area contributed by atoms with E-state index in [9.17, 15) is 0 Å². The molecule has 0 saturated heterocycles. The second-order valence-electron chi connectivity index (χ2n) is 5.59. The molecule has 0 saturated carbocycles. The number of thioether (sulfide) groups is 1. The smallest absolute Gasteiger partial charge is 0.0620 e. The van der Waals surface area contributed by atoms with Gasteiger partial charge in [0.05, 0.1) is 5.03 Å². The van der Waals surface area contributed by atoms with Gasteiger partial charge in [0, 0.05) is 9.65 Å². The van der Waals surface area contributed by atoms with Gasteiger partial charge < -0.3 is 0 Å². The zero-order valence-electron chi connectivity index (χ0n) is 12.1. The maximum atomic E-state index is 6.67. The topological polar surface area (TPSA) is 0 Å². The third-order valence-corrected chi connectivity index (χ3v) is 4.45. The lowest BCUT2D eigenvalue weighted by Gasteiger charge is -2.21. The number of benzene rings is 2. The lowest BCUT2D eigenvalue weighted by Crippen LogP contribution is -2.07. The fraction of sp³-hybridized carbons (Fsp3) is 0.222. The van der Waals surface area contributed by atoms with E-state index < -0.39 is 0 Å². The summed E-state index contributed by atoms with van der Waals surface area (Å²) in [6, 6.07) is 20.5. The molecule has 20 heavy (non-hydrogen) atoms. The molecular weight excluding hydrogens is 284 g/mol. The van der Waals surface area contributed by atoms with E-state index >= 15 is 0 Å². The maximum absolute atomic E-state index is 6.67. The molecule has 0 unspecified atom stereocenters. The summed E-state index contributed by atoms with van der Waals surface area (Å²) >= 11 is 8.48. The summed E-state index contributed by atoms with van der Waals surface area (Å²) in [6.07, 6.45) is 0. The maximum Gasteiger partial charge on any atom is 0.0620 e. The van der Waals surface area contributed by atoms with Crippen LogP contribution in [0.5, 0.6) is 0 Å². The molecule has 0 amide bonds. The summed E-state index contributed by atoms with van der Waals surface area (Å²) in [5.74, 6) is 0. The summed E-state index contributed by atoms with van der Waals surface area (Å²) in [5, 5.41) is 0.816. The fourth-order valence-electron chi connectivity index (χ4n) is 1.84. The van der Waals surface area contributed by atoms with Gasteiger partial charge in [0.15, 0.2) is 0 Å². The van der Waals surface area contributed by atoms with Gasteiger partial charge in [-0.1, -0.05) is 93.0 Å². The zero-order chi connectivity index (χ0) is 14.6. The van der Waals surface area contributed by atoms with E-state index in [0.29, 0.717) is 0 Å². The van der Waals surface area contributed by atoms with Gasteiger partial charge in [0.2, 0.25) is 0 Å². The van der Waals surface area contributed by atoms with E-state index in [1.54, 1.807) is 11.8 Å². The number of hydrogen-bond acceptors (Lipinski definition) is 1. The Balaban J connectivity index is 2.52. The van der Waals surface area contributed by atoms with Crippen molar-refractivity contribution in [2.24, 2.45) is 0 Å². The first-order chi connectivity index (χ1) is 9.47. The molecule has 0 aliphatic heterocycles. The highest BCUT2D eigenvalue weighted by atomic mass is 35.5. The van der Waals surface area contributed by atoms with Gasteiger partial charge in [-0.2, -0.15) is 0 Å². The van der Waals surface area contributed by atoms with Crippen LogP contribution in [-0.2, 0) is 0 Å². The summed E-state index contributed by atoms with van der Waals surface area (Å²) in [4.78, 5) is 1.13. The predicted molar refractivity (Wildman–Crippen MR) is 92.9 cm³/mol. The molecule has 2 rings (SSSR count). The van der Waals surface area contributed by atoms with E-state index in [1.165, 1.54) is 5.56 Å². The molecule has 2 aromatic carbocycles. The average molecular weight is 303 g/mol. The van der Waals surface area contributed by atoms with Crippen LogP contribution in [0, 0.1) is 0 Å². The minimum atomic E-state index is 0.111. The minimum Gasteiger partial charge on any atom is -0.118 e. The summed E-state index contributed by atoms with van der Waals surface area (Å²) in [5.41, 5.74) is 2.23. The molecule has 0 N–H and O–H groups in total. The lowest BCUT2D eigenvalue weighted by molar-refractivity contribution is 0.808. The molecule has 2 aromatic rings. The van der Waals surface area contributed by atoms with E-state index in [-0.39, 0.29) is 4.75 Å². The van der Waals surface area contributed by atoms with Crippen molar-refractivity contribution in [2.45, 2.75) is 25.5 Å². The molecule has 0 aliphatic rings. The third kappa shape index (κ3) is 4.16. The Morgan fingerprint density at radius 3 is 1.70 bits per heavy atom. The van der Waals surface area contributed by atoms with Crippen LogP contribution in [0.4, 0.5) is 0 Å². The molecule has 0 atom stereocenters. The molecule has 0 spiro atoms. The summed E-state index contributed by atoms with van der Waals surface area (Å²) in [7, 11) is 0. The monoisotopic (exact) mass is 302 g/mol. The average Bonchev–Trinajstić information content (AvgIpc) is 2.45. The zero-order valence-corrected chi connectivity index (χ0v) is 13.6. The number of halogens is 1. The van der Waals surface area contributed by atoms with Crippen molar-refractivity contribution in [2.75, 3.05) is 0 Å². The standard InChI is InChI=1S/C18H19ClS/c1-18(2,3)20-17(15-12-8-5-9-13-15)16(19)14-10-6-4-7-11-14/h4-13H,1-3H3/b17-16+. The Kier molecular flexibility index (Phi) is 4.95. The Morgan fingerprint density at radius 2 is 1.25 bits per heavy atom. The highest BCUT2D eigenvalue weighted by Gasteiger charge is 2.18. The van der Waals surface area contributed by atoms with Crippen molar-refractivity contribution < 1.29 is 0 Å². The van der Waals surface area contributed by atoms with Gasteiger partial charge >= 0.3 is 0 Å². The summed E-state index contributed by atoms with van der Waals surface area (Å²) in [6.45, 7) is 6.61. The second-order valence-corrected chi connectivity index (χ2v) is 7.80. The molecule has 104 valence electrons. The lowest BCUT2D eigenvalue weighted by atomic mass is 10.1. The van der Waals surface area contributed by atoms with E-state index in [0.717, 1.165) is 15.5 Å². The predicted octanol–water partition coefficient (Wildman–Crippen LogP) is 6.28. The first-order valence-corrected chi connectivity index (χ1v) is 7.86. The first-order valence-electron chi connectivity index (χ1n) is 6.67. The Morgan fingerprint density at radius 1 is 0.800 bits per heavy atom. The minimum absolute atomic E-state index is 0.111. The SMILES string of the molecule is CC(C)(C)S/C(=C(/Cl)c1ccccc1)c1ccccc1. The normalized spacial score (nSPS) is 13.0. The van der Waals surface area contributed by atoms with Crippen LogP contribution in [0.1, 0.15) is 31.9 Å². The van der Waals surface area contributed by atoms with Crippen LogP contribution < -0.4 is 0 Å². The van der Waals surface area contributed by atoms with Crippen molar-refractivity contribution in [1.82, 2.24) is 0 Å². The third-order valence-electron chi connectivity index (χ3n) is 2.67. The molecule has 2 heteroatoms. The van der Waals surface area contributed by atoms with E-state index in [1.807, 2.05) is 36.4 Å². The highest BCUT2D eigenvalue weighted by Crippen LogP contribution is 2.43. The number of hydrogen-bond donors (Lipinski definition) is 0. The largest absolute Gasteiger partial charge is 0.118 e. The first kappa shape index (κ1) is 15.2. The van der Waals surface area contributed by atoms with Crippen LogP contribution in [0.25, 0.3) is 9.94 Å². The van der Waals surface area contributed by atoms with Crippen molar-refractivity contribution >= 4 is 33.3 Å². The Labute approximate surface area is 130 Å². The van der Waals surface area contributed by atoms with Gasteiger partial charge in [-0.3, -0.25) is 0 Å². The van der Waals surface area contributed by atoms with Crippen molar-refractivity contribution in [3.63, 3.8) is 0 Å². The van der Waals surface area contributed by atoms with E-state index in [4.69, 9.17) is 11.6 Å². The Bertz CT molecular complexity index is 580. The molecule has 0 fully saturated rings. The van der Waals surface area contributed by atoms with Gasteiger partial charge in [-0.15, -0.1) is 11.8 Å². The molecular formula is C18H19ClS. The van der Waals surface area contributed by atoms with Crippen LogP contribution in [0.15, 0.2) is 60.7 Å². The van der Waals surface area contributed by atoms with Gasteiger partial charge in [0.25, 0.3) is 0 Å². The van der Waals surface area contributed by atoms with Gasteiger partial charge in [-0.05, 0) is 11.1 Å². The molecule has 0 aromatic heterocycles. The summed E-state index contributed by atoms with van der Waals surface area (Å²) < 4.78 is 0.111. The van der Waals surface area contributed by atoms with Crippen LogP contribution in [0.3, 0.4) is 0 Å². The number of rotatable bonds is 3. The highest BCUT2D eigenvalue weighted by molar-refractivity contribution is 8.09. The van der Waals surface area contributed by atoms with Crippen molar-refractivity contribution in [1.29, 1.82) is 0 Å². The van der Waals surface area contributed by atoms with E-state index in [2.05, 4.69) is 45.0 Å². The van der Waals surface area contributed by atoms with Gasteiger partial charge in [0.1, 0.15) is 0 Å². The molecule has 0 bridgehead atoms. The van der Waals surface area contributed by atoms with Crippen molar-refractivity contribution in [3.05, 3.63) is 71.8 Å². The molecule has 0 radical (unpaired) electrons. The van der Waals surface area contributed by atoms with Crippen LogP contribution >= 0.6 is 23.4 Å². The molecule has 0 aliphatic carbocycles. The van der Waals surface area contributed by atoms with Crippen molar-refractivity contribution in [3.8, 4) is 0 Å². The fourth-order valence-corrected chi connectivity index (χ4v) is 3.27. The van der Waals surface area contributed by atoms with Crippen LogP contribution in [0.2, 0.25) is 0 Å².